The van der Waals surface area contributed by atoms with Gasteiger partial charge < -0.3 is 15.0 Å². The molecule has 2 N–H and O–H groups in total. The van der Waals surface area contributed by atoms with Crippen molar-refractivity contribution < 1.29 is 9.53 Å². The lowest BCUT2D eigenvalue weighted by molar-refractivity contribution is -0.123. The second kappa shape index (κ2) is 7.93. The van der Waals surface area contributed by atoms with Gasteiger partial charge in [0, 0.05) is 19.6 Å². The van der Waals surface area contributed by atoms with Crippen molar-refractivity contribution in [1.29, 1.82) is 0 Å². The van der Waals surface area contributed by atoms with Gasteiger partial charge in [-0.1, -0.05) is 19.1 Å². The molecule has 1 aromatic heterocycles. The molecule has 1 aromatic carbocycles. The number of aromatic nitrogens is 2. The number of ether oxygens (including phenoxy) is 1. The third-order valence-corrected chi connectivity index (χ3v) is 4.97. The van der Waals surface area contributed by atoms with Crippen molar-refractivity contribution in [3.63, 3.8) is 0 Å². The molecule has 2 heterocycles. The topological polar surface area (TPSA) is 76.1 Å². The smallest absolute Gasteiger partial charge is 0.262 e. The number of hydrogen-bond acceptors (Lipinski definition) is 4. The summed E-state index contributed by atoms with van der Waals surface area (Å²) in [5.41, 5.74) is 0.543. The predicted molar refractivity (Wildman–Crippen MR) is 99.2 cm³/mol. The monoisotopic (exact) mass is 361 g/mol. The number of H-pyrrole nitrogens is 1. The minimum absolute atomic E-state index is 0.0258. The molecule has 2 aromatic rings. The van der Waals surface area contributed by atoms with E-state index in [2.05, 4.69) is 10.3 Å². The van der Waals surface area contributed by atoms with Gasteiger partial charge in [0.1, 0.15) is 0 Å². The Hall–Kier alpha value is -1.99. The number of carbonyl (C=O) groups is 1. The average molecular weight is 361 g/mol. The first kappa shape index (κ1) is 17.8. The molecule has 1 aliphatic heterocycles. The van der Waals surface area contributed by atoms with Crippen LogP contribution in [0.25, 0.3) is 10.9 Å². The van der Waals surface area contributed by atoms with E-state index in [0.29, 0.717) is 15.7 Å². The lowest BCUT2D eigenvalue weighted by Crippen LogP contribution is -2.43. The number of rotatable bonds is 6. The van der Waals surface area contributed by atoms with Gasteiger partial charge in [0.05, 0.1) is 23.0 Å². The van der Waals surface area contributed by atoms with Crippen LogP contribution >= 0.6 is 12.2 Å². The fourth-order valence-electron chi connectivity index (χ4n) is 3.27. The molecule has 0 saturated carbocycles. The maximum atomic E-state index is 12.6. The minimum Gasteiger partial charge on any atom is -0.376 e. The molecule has 0 aliphatic carbocycles. The minimum atomic E-state index is -0.168. The molecule has 134 valence electrons. The Morgan fingerprint density at radius 1 is 1.48 bits per heavy atom. The van der Waals surface area contributed by atoms with Crippen LogP contribution in [0.1, 0.15) is 32.6 Å². The Morgan fingerprint density at radius 2 is 2.28 bits per heavy atom. The summed E-state index contributed by atoms with van der Waals surface area (Å²) in [5, 5.41) is 3.60. The fraction of sp³-hybridized carbons (Fsp3) is 0.500. The Morgan fingerprint density at radius 3 is 3.00 bits per heavy atom. The zero-order valence-electron chi connectivity index (χ0n) is 14.3. The summed E-state index contributed by atoms with van der Waals surface area (Å²) in [7, 11) is 0. The van der Waals surface area contributed by atoms with Gasteiger partial charge in [-0.2, -0.15) is 0 Å². The van der Waals surface area contributed by atoms with E-state index in [1.165, 1.54) is 4.57 Å². The van der Waals surface area contributed by atoms with Crippen molar-refractivity contribution in [2.24, 2.45) is 0 Å². The highest BCUT2D eigenvalue weighted by molar-refractivity contribution is 7.71. The van der Waals surface area contributed by atoms with E-state index in [0.717, 1.165) is 25.9 Å². The highest BCUT2D eigenvalue weighted by atomic mass is 32.1. The van der Waals surface area contributed by atoms with Gasteiger partial charge in [0.25, 0.3) is 5.56 Å². The van der Waals surface area contributed by atoms with E-state index >= 15 is 0 Å². The van der Waals surface area contributed by atoms with E-state index in [1.54, 1.807) is 6.07 Å². The van der Waals surface area contributed by atoms with Crippen molar-refractivity contribution in [2.45, 2.75) is 51.3 Å². The molecule has 0 radical (unpaired) electrons. The van der Waals surface area contributed by atoms with Crippen LogP contribution in [0.3, 0.4) is 0 Å². The molecule has 1 fully saturated rings. The molecule has 1 aliphatic rings. The summed E-state index contributed by atoms with van der Waals surface area (Å²) in [6, 6.07) is 7.25. The maximum absolute atomic E-state index is 12.6. The van der Waals surface area contributed by atoms with Crippen LogP contribution in [-0.2, 0) is 16.1 Å². The summed E-state index contributed by atoms with van der Waals surface area (Å²) in [5.74, 6) is -0.0863. The average Bonchev–Trinajstić information content (AvgIpc) is 3.14. The lowest BCUT2D eigenvalue weighted by atomic mass is 10.1. The number of carbonyl (C=O) groups excluding carboxylic acids is 1. The number of aromatic amines is 1. The van der Waals surface area contributed by atoms with Gasteiger partial charge in [0.15, 0.2) is 4.77 Å². The van der Waals surface area contributed by atoms with E-state index in [1.807, 2.05) is 25.1 Å². The third-order valence-electron chi connectivity index (χ3n) is 4.65. The molecule has 6 nitrogen and oxygen atoms in total. The van der Waals surface area contributed by atoms with E-state index < -0.39 is 0 Å². The van der Waals surface area contributed by atoms with Crippen LogP contribution in [0.5, 0.6) is 0 Å². The summed E-state index contributed by atoms with van der Waals surface area (Å²) < 4.78 is 7.45. The molecule has 7 heteroatoms. The molecule has 0 unspecified atom stereocenters. The second-order valence-electron chi connectivity index (χ2n) is 6.32. The van der Waals surface area contributed by atoms with Crippen molar-refractivity contribution in [2.75, 3.05) is 6.61 Å². The lowest BCUT2D eigenvalue weighted by Gasteiger charge is -2.23. The standard InChI is InChI=1S/C18H23N3O3S/c1-2-13(15-8-5-11-24-15)19-16(22)9-10-21-17(23)12-6-3-4-7-14(12)20-18(21)25/h3-4,6-7,13,15H,2,5,8-11H2,1H3,(H,19,22)(H,20,25)/t13-,15+/m1/s1. The van der Waals surface area contributed by atoms with Crippen LogP contribution in [0.15, 0.2) is 29.1 Å². The highest BCUT2D eigenvalue weighted by Crippen LogP contribution is 2.17. The SMILES string of the molecule is CC[C@@H](NC(=O)CCn1c(=S)[nH]c2ccccc2c1=O)[C@@H]1CCCO1. The van der Waals surface area contributed by atoms with Gasteiger partial charge in [-0.3, -0.25) is 14.2 Å². The van der Waals surface area contributed by atoms with Gasteiger partial charge in [-0.25, -0.2) is 0 Å². The van der Waals surface area contributed by atoms with Crippen LogP contribution in [0, 0.1) is 4.77 Å². The van der Waals surface area contributed by atoms with Crippen LogP contribution in [0.2, 0.25) is 0 Å². The molecule has 0 bridgehead atoms. The molecule has 1 saturated heterocycles. The van der Waals surface area contributed by atoms with Crippen molar-refractivity contribution in [3.05, 3.63) is 39.4 Å². The number of nitrogens with zero attached hydrogens (tertiary/aromatic N) is 1. The first-order valence-corrected chi connectivity index (χ1v) is 9.13. The fourth-order valence-corrected chi connectivity index (χ4v) is 3.56. The number of amides is 1. The van der Waals surface area contributed by atoms with E-state index in [4.69, 9.17) is 17.0 Å². The number of benzene rings is 1. The van der Waals surface area contributed by atoms with E-state index in [9.17, 15) is 9.59 Å². The van der Waals surface area contributed by atoms with Crippen LogP contribution in [-0.4, -0.2) is 34.2 Å². The van der Waals surface area contributed by atoms with Gasteiger partial charge in [-0.05, 0) is 43.6 Å². The molecular weight excluding hydrogens is 338 g/mol. The quantitative estimate of drug-likeness (QED) is 0.775. The first-order valence-electron chi connectivity index (χ1n) is 8.73. The molecular formula is C18H23N3O3S. The van der Waals surface area contributed by atoms with Crippen LogP contribution in [0.4, 0.5) is 0 Å². The summed E-state index contributed by atoms with van der Waals surface area (Å²) in [6.45, 7) is 3.06. The summed E-state index contributed by atoms with van der Waals surface area (Å²) >= 11 is 5.27. The number of hydrogen-bond donors (Lipinski definition) is 2. The normalized spacial score (nSPS) is 18.4. The Labute approximate surface area is 151 Å². The van der Waals surface area contributed by atoms with Crippen molar-refractivity contribution >= 4 is 29.0 Å². The number of nitrogens with one attached hydrogen (secondary N) is 2. The van der Waals surface area contributed by atoms with Gasteiger partial charge in [-0.15, -0.1) is 0 Å². The molecule has 2 atom stereocenters. The third kappa shape index (κ3) is 3.99. The number of para-hydroxylation sites is 1. The Bertz CT molecular complexity index is 868. The highest BCUT2D eigenvalue weighted by Gasteiger charge is 2.25. The van der Waals surface area contributed by atoms with Gasteiger partial charge in [0.2, 0.25) is 5.91 Å². The second-order valence-corrected chi connectivity index (χ2v) is 6.70. The predicted octanol–water partition coefficient (Wildman–Crippen LogP) is 2.52. The van der Waals surface area contributed by atoms with Crippen molar-refractivity contribution in [1.82, 2.24) is 14.9 Å². The van der Waals surface area contributed by atoms with Crippen molar-refractivity contribution in [3.8, 4) is 0 Å². The zero-order valence-corrected chi connectivity index (χ0v) is 15.1. The van der Waals surface area contributed by atoms with Crippen LogP contribution < -0.4 is 10.9 Å². The van der Waals surface area contributed by atoms with E-state index in [-0.39, 0.29) is 36.6 Å². The first-order chi connectivity index (χ1) is 12.1. The zero-order chi connectivity index (χ0) is 17.8. The molecule has 0 spiro atoms. The largest absolute Gasteiger partial charge is 0.376 e. The summed E-state index contributed by atoms with van der Waals surface area (Å²) in [6.07, 6.45) is 3.15. The Kier molecular flexibility index (Phi) is 5.65. The molecule has 3 rings (SSSR count). The van der Waals surface area contributed by atoms with Gasteiger partial charge >= 0.3 is 0 Å². The molecule has 25 heavy (non-hydrogen) atoms. The maximum Gasteiger partial charge on any atom is 0.262 e. The summed E-state index contributed by atoms with van der Waals surface area (Å²) in [4.78, 5) is 27.9. The number of fused-ring (bicyclic) bond motifs is 1. The Balaban J connectivity index is 1.69. The molecule has 1 amide bonds.